The number of carbonyl (C=O) groups is 1. The third kappa shape index (κ3) is 8.49. The van der Waals surface area contributed by atoms with Crippen LogP contribution in [0.1, 0.15) is 37.3 Å². The van der Waals surface area contributed by atoms with Crippen molar-refractivity contribution in [3.05, 3.63) is 77.9 Å². The van der Waals surface area contributed by atoms with Crippen LogP contribution >= 0.6 is 0 Å². The molecule has 0 saturated heterocycles. The number of esters is 1. The van der Waals surface area contributed by atoms with Crippen molar-refractivity contribution in [1.82, 2.24) is 0 Å². The first-order valence-electron chi connectivity index (χ1n) is 12.1. The van der Waals surface area contributed by atoms with Crippen LogP contribution in [0.2, 0.25) is 0 Å². The first-order chi connectivity index (χ1) is 18.0. The summed E-state index contributed by atoms with van der Waals surface area (Å²) in [5, 5.41) is 0. The minimum absolute atomic E-state index is 0.0219. The largest absolute Gasteiger partial charge is 0.494 e. The number of hydrogen-bond donors (Lipinski definition) is 2. The molecule has 0 heterocycles. The molecule has 0 aliphatic rings. The Labute approximate surface area is 224 Å². The van der Waals surface area contributed by atoms with Crippen molar-refractivity contribution >= 4 is 37.4 Å². The van der Waals surface area contributed by atoms with Crippen LogP contribution in [0.25, 0.3) is 0 Å². The summed E-state index contributed by atoms with van der Waals surface area (Å²) < 4.78 is 67.9. The molecule has 0 aliphatic heterocycles. The zero-order valence-corrected chi connectivity index (χ0v) is 23.2. The van der Waals surface area contributed by atoms with E-state index in [-0.39, 0.29) is 27.1 Å². The lowest BCUT2D eigenvalue weighted by atomic mass is 10.2. The van der Waals surface area contributed by atoms with Gasteiger partial charge < -0.3 is 9.47 Å². The SMILES string of the molecule is CC(=O)OCCCCCOc1ccc(NS(=O)(=O)c2ccc(C)cc2)c(NS(=O)(=O)c2ccc(C)cc2)c1. The molecule has 0 fully saturated rings. The number of rotatable bonds is 13. The molecule has 0 saturated carbocycles. The Hall–Kier alpha value is -3.57. The highest BCUT2D eigenvalue weighted by Gasteiger charge is 2.21. The molecule has 9 nitrogen and oxygen atoms in total. The second-order valence-corrected chi connectivity index (χ2v) is 12.2. The van der Waals surface area contributed by atoms with E-state index in [1.165, 1.54) is 43.3 Å². The highest BCUT2D eigenvalue weighted by atomic mass is 32.2. The molecule has 0 radical (unpaired) electrons. The number of aryl methyl sites for hydroxylation is 2. The molecule has 2 N–H and O–H groups in total. The molecule has 11 heteroatoms. The molecule has 0 amide bonds. The Morgan fingerprint density at radius 2 is 1.18 bits per heavy atom. The van der Waals surface area contributed by atoms with Crippen molar-refractivity contribution in [1.29, 1.82) is 0 Å². The van der Waals surface area contributed by atoms with Crippen molar-refractivity contribution in [2.75, 3.05) is 22.7 Å². The fraction of sp³-hybridized carbons (Fsp3) is 0.296. The standard InChI is InChI=1S/C27H32N2O7S2/c1-20-7-12-24(13-8-20)37(31,32)28-26-16-11-23(36-18-6-4-5-17-35-22(3)30)19-27(26)29-38(33,34)25-14-9-21(2)10-15-25/h7-16,19,28-29H,4-6,17-18H2,1-3H3. The molecule has 0 atom stereocenters. The van der Waals surface area contributed by atoms with Gasteiger partial charge in [0.1, 0.15) is 5.75 Å². The number of ether oxygens (including phenoxy) is 2. The van der Waals surface area contributed by atoms with Gasteiger partial charge in [-0.15, -0.1) is 0 Å². The summed E-state index contributed by atoms with van der Waals surface area (Å²) in [6.07, 6.45) is 2.16. The maximum atomic E-state index is 13.1. The molecule has 0 aliphatic carbocycles. The second-order valence-electron chi connectivity index (χ2n) is 8.79. The smallest absolute Gasteiger partial charge is 0.302 e. The van der Waals surface area contributed by atoms with Crippen LogP contribution in [-0.4, -0.2) is 36.0 Å². The number of benzene rings is 3. The van der Waals surface area contributed by atoms with E-state index in [0.29, 0.717) is 31.8 Å². The average Bonchev–Trinajstić information content (AvgIpc) is 2.85. The van der Waals surface area contributed by atoms with Crippen molar-refractivity contribution < 1.29 is 31.1 Å². The molecular weight excluding hydrogens is 528 g/mol. The summed E-state index contributed by atoms with van der Waals surface area (Å²) >= 11 is 0. The zero-order valence-electron chi connectivity index (χ0n) is 21.6. The van der Waals surface area contributed by atoms with Crippen molar-refractivity contribution in [2.24, 2.45) is 0 Å². The summed E-state index contributed by atoms with van der Waals surface area (Å²) in [6, 6.07) is 17.1. The molecule has 0 spiro atoms. The third-order valence-corrected chi connectivity index (χ3v) is 8.27. The van der Waals surface area contributed by atoms with E-state index >= 15 is 0 Å². The van der Waals surface area contributed by atoms with Gasteiger partial charge in [-0.05, 0) is 69.5 Å². The third-order valence-electron chi connectivity index (χ3n) is 5.50. The van der Waals surface area contributed by atoms with Gasteiger partial charge >= 0.3 is 5.97 Å². The van der Waals surface area contributed by atoms with Crippen LogP contribution in [-0.2, 0) is 29.6 Å². The summed E-state index contributed by atoms with van der Waals surface area (Å²) in [6.45, 7) is 5.74. The first kappa shape index (κ1) is 29.0. The van der Waals surface area contributed by atoms with Crippen LogP contribution in [0.5, 0.6) is 5.75 Å². The molecule has 3 aromatic rings. The Morgan fingerprint density at radius 3 is 1.71 bits per heavy atom. The minimum Gasteiger partial charge on any atom is -0.494 e. The normalized spacial score (nSPS) is 11.6. The summed E-state index contributed by atoms with van der Waals surface area (Å²) in [4.78, 5) is 10.9. The summed E-state index contributed by atoms with van der Waals surface area (Å²) in [7, 11) is -8.01. The average molecular weight is 561 g/mol. The molecule has 3 aromatic carbocycles. The number of nitrogens with one attached hydrogen (secondary N) is 2. The van der Waals surface area contributed by atoms with Crippen LogP contribution in [0.4, 0.5) is 11.4 Å². The van der Waals surface area contributed by atoms with Crippen LogP contribution in [0.15, 0.2) is 76.5 Å². The molecular formula is C27H32N2O7S2. The van der Waals surface area contributed by atoms with E-state index in [2.05, 4.69) is 9.44 Å². The van der Waals surface area contributed by atoms with Gasteiger partial charge in [-0.3, -0.25) is 14.2 Å². The predicted molar refractivity (Wildman–Crippen MR) is 146 cm³/mol. The lowest BCUT2D eigenvalue weighted by Gasteiger charge is -2.17. The van der Waals surface area contributed by atoms with Gasteiger partial charge in [0.25, 0.3) is 20.0 Å². The number of anilines is 2. The lowest BCUT2D eigenvalue weighted by molar-refractivity contribution is -0.141. The van der Waals surface area contributed by atoms with Gasteiger partial charge in [-0.2, -0.15) is 0 Å². The van der Waals surface area contributed by atoms with E-state index in [9.17, 15) is 21.6 Å². The first-order valence-corrected chi connectivity index (χ1v) is 15.0. The topological polar surface area (TPSA) is 128 Å². The molecule has 204 valence electrons. The minimum atomic E-state index is -4.02. The van der Waals surface area contributed by atoms with E-state index in [1.807, 2.05) is 13.8 Å². The van der Waals surface area contributed by atoms with E-state index in [0.717, 1.165) is 17.5 Å². The quantitative estimate of drug-likeness (QED) is 0.222. The molecule has 0 unspecified atom stereocenters. The fourth-order valence-electron chi connectivity index (χ4n) is 3.42. The van der Waals surface area contributed by atoms with Crippen molar-refractivity contribution in [2.45, 2.75) is 49.8 Å². The number of hydrogen-bond acceptors (Lipinski definition) is 7. The molecule has 0 aromatic heterocycles. The van der Waals surface area contributed by atoms with Gasteiger partial charge in [0.15, 0.2) is 0 Å². The Balaban J connectivity index is 1.81. The Kier molecular flexibility index (Phi) is 9.76. The maximum absolute atomic E-state index is 13.1. The second kappa shape index (κ2) is 12.8. The van der Waals surface area contributed by atoms with E-state index in [1.54, 1.807) is 30.3 Å². The Morgan fingerprint density at radius 1 is 0.684 bits per heavy atom. The van der Waals surface area contributed by atoms with Gasteiger partial charge in [-0.1, -0.05) is 35.4 Å². The predicted octanol–water partition coefficient (Wildman–Crippen LogP) is 5.02. The van der Waals surface area contributed by atoms with Gasteiger partial charge in [-0.25, -0.2) is 16.8 Å². The van der Waals surface area contributed by atoms with Gasteiger partial charge in [0.2, 0.25) is 0 Å². The number of sulfonamides is 2. The highest BCUT2D eigenvalue weighted by Crippen LogP contribution is 2.31. The van der Waals surface area contributed by atoms with E-state index in [4.69, 9.17) is 9.47 Å². The Bertz CT molecular complexity index is 1450. The van der Waals surface area contributed by atoms with Gasteiger partial charge in [0, 0.05) is 13.0 Å². The number of carbonyl (C=O) groups excluding carboxylic acids is 1. The molecule has 3 rings (SSSR count). The van der Waals surface area contributed by atoms with Crippen molar-refractivity contribution in [3.8, 4) is 5.75 Å². The molecule has 38 heavy (non-hydrogen) atoms. The van der Waals surface area contributed by atoms with Gasteiger partial charge in [0.05, 0.1) is 34.4 Å². The van der Waals surface area contributed by atoms with Crippen LogP contribution in [0.3, 0.4) is 0 Å². The zero-order chi connectivity index (χ0) is 27.8. The summed E-state index contributed by atoms with van der Waals surface area (Å²) in [5.41, 5.74) is 1.88. The highest BCUT2D eigenvalue weighted by molar-refractivity contribution is 7.93. The maximum Gasteiger partial charge on any atom is 0.302 e. The summed E-state index contributed by atoms with van der Waals surface area (Å²) in [5.74, 6) is 0.0461. The lowest BCUT2D eigenvalue weighted by Crippen LogP contribution is -2.18. The van der Waals surface area contributed by atoms with Crippen molar-refractivity contribution in [3.63, 3.8) is 0 Å². The fourth-order valence-corrected chi connectivity index (χ4v) is 5.57. The molecule has 0 bridgehead atoms. The monoisotopic (exact) mass is 560 g/mol. The number of unbranched alkanes of at least 4 members (excludes halogenated alkanes) is 2. The van der Waals surface area contributed by atoms with Crippen LogP contribution < -0.4 is 14.2 Å². The van der Waals surface area contributed by atoms with E-state index < -0.39 is 20.0 Å². The van der Waals surface area contributed by atoms with Crippen LogP contribution in [0, 0.1) is 13.8 Å².